The van der Waals surface area contributed by atoms with Gasteiger partial charge in [0.05, 0.1) is 4.88 Å². The van der Waals surface area contributed by atoms with Gasteiger partial charge in [-0.15, -0.1) is 11.3 Å². The van der Waals surface area contributed by atoms with Crippen LogP contribution in [-0.2, 0) is 0 Å². The number of carbonyl (C=O) groups excluding carboxylic acids is 1. The molecule has 0 saturated carbocycles. The van der Waals surface area contributed by atoms with Crippen molar-refractivity contribution in [1.29, 1.82) is 5.26 Å². The molecule has 1 aliphatic heterocycles. The van der Waals surface area contributed by atoms with Crippen molar-refractivity contribution in [2.75, 3.05) is 19.6 Å². The van der Waals surface area contributed by atoms with Gasteiger partial charge in [-0.05, 0) is 26.0 Å². The summed E-state index contributed by atoms with van der Waals surface area (Å²) in [6, 6.07) is 5.49. The van der Waals surface area contributed by atoms with E-state index in [-0.39, 0.29) is 11.4 Å². The molecule has 5 heteroatoms. The first-order valence-electron chi connectivity index (χ1n) is 5.56. The van der Waals surface area contributed by atoms with Crippen LogP contribution in [0.25, 0.3) is 0 Å². The molecule has 2 heterocycles. The van der Waals surface area contributed by atoms with E-state index in [4.69, 9.17) is 5.26 Å². The number of nitriles is 1. The normalized spacial score (nSPS) is 18.8. The predicted molar refractivity (Wildman–Crippen MR) is 67.0 cm³/mol. The van der Waals surface area contributed by atoms with Crippen LogP contribution in [0.4, 0.5) is 0 Å². The van der Waals surface area contributed by atoms with Crippen LogP contribution < -0.4 is 5.32 Å². The summed E-state index contributed by atoms with van der Waals surface area (Å²) in [5.41, 5.74) is -0.0385. The van der Waals surface area contributed by atoms with E-state index in [0.717, 1.165) is 13.1 Å². The molecule has 17 heavy (non-hydrogen) atoms. The van der Waals surface area contributed by atoms with E-state index in [1.54, 1.807) is 12.1 Å². The van der Waals surface area contributed by atoms with Crippen LogP contribution in [0, 0.1) is 11.3 Å². The average Bonchev–Trinajstić information content (AvgIpc) is 2.75. The van der Waals surface area contributed by atoms with Gasteiger partial charge in [0, 0.05) is 25.2 Å². The minimum absolute atomic E-state index is 0.0334. The Hall–Kier alpha value is -1.38. The Balaban J connectivity index is 2.12. The smallest absolute Gasteiger partial charge is 0.264 e. The van der Waals surface area contributed by atoms with Crippen molar-refractivity contribution < 1.29 is 4.79 Å². The van der Waals surface area contributed by atoms with Gasteiger partial charge in [0.2, 0.25) is 0 Å². The molecule has 1 N–H and O–H groups in total. The number of hydrogen-bond acceptors (Lipinski definition) is 4. The topological polar surface area (TPSA) is 56.1 Å². The maximum atomic E-state index is 12.2. The van der Waals surface area contributed by atoms with E-state index in [2.05, 4.69) is 25.2 Å². The fourth-order valence-electron chi connectivity index (χ4n) is 1.98. The fraction of sp³-hybridized carbons (Fsp3) is 0.500. The summed E-state index contributed by atoms with van der Waals surface area (Å²) in [4.78, 5) is 15.3. The van der Waals surface area contributed by atoms with Gasteiger partial charge in [0.15, 0.2) is 0 Å². The highest BCUT2D eigenvalue weighted by atomic mass is 32.1. The summed E-state index contributed by atoms with van der Waals surface area (Å²) in [5, 5.41) is 12.1. The van der Waals surface area contributed by atoms with Crippen LogP contribution in [0.1, 0.15) is 28.4 Å². The summed E-state index contributed by atoms with van der Waals surface area (Å²) >= 11 is 1.26. The first-order chi connectivity index (χ1) is 8.02. The van der Waals surface area contributed by atoms with Crippen LogP contribution in [-0.4, -0.2) is 36.0 Å². The molecule has 0 atom stereocenters. The predicted octanol–water partition coefficient (Wildman–Crippen LogP) is 1.44. The first-order valence-corrected chi connectivity index (χ1v) is 6.38. The molecular weight excluding hydrogens is 234 g/mol. The zero-order valence-electron chi connectivity index (χ0n) is 9.99. The van der Waals surface area contributed by atoms with E-state index >= 15 is 0 Å². The van der Waals surface area contributed by atoms with Crippen LogP contribution in [0.2, 0.25) is 0 Å². The molecule has 1 aromatic rings. The highest BCUT2D eigenvalue weighted by Gasteiger charge is 2.29. The molecule has 1 amide bonds. The number of hydrogen-bond donors (Lipinski definition) is 1. The fourth-order valence-corrected chi connectivity index (χ4v) is 2.75. The zero-order chi connectivity index (χ0) is 12.5. The Bertz CT molecular complexity index is 472. The van der Waals surface area contributed by atoms with Gasteiger partial charge in [-0.1, -0.05) is 0 Å². The van der Waals surface area contributed by atoms with E-state index in [9.17, 15) is 4.79 Å². The number of rotatable bonds is 1. The van der Waals surface area contributed by atoms with Crippen LogP contribution >= 0.6 is 11.3 Å². The van der Waals surface area contributed by atoms with E-state index < -0.39 is 0 Å². The molecule has 0 aliphatic carbocycles. The van der Waals surface area contributed by atoms with E-state index in [0.29, 0.717) is 16.3 Å². The molecule has 2 rings (SSSR count). The largest absolute Gasteiger partial charge is 0.335 e. The number of amides is 1. The Morgan fingerprint density at radius 2 is 2.35 bits per heavy atom. The molecule has 1 saturated heterocycles. The molecule has 0 aromatic carbocycles. The molecule has 90 valence electrons. The second kappa shape index (κ2) is 4.47. The van der Waals surface area contributed by atoms with E-state index in [1.165, 1.54) is 11.3 Å². The van der Waals surface area contributed by atoms with Gasteiger partial charge in [-0.3, -0.25) is 4.79 Å². The summed E-state index contributed by atoms with van der Waals surface area (Å²) < 4.78 is 0. The number of nitrogens with zero attached hydrogens (tertiary/aromatic N) is 2. The van der Waals surface area contributed by atoms with Crippen molar-refractivity contribution in [1.82, 2.24) is 10.2 Å². The number of thiophene rings is 1. The van der Waals surface area contributed by atoms with Crippen molar-refractivity contribution >= 4 is 17.2 Å². The van der Waals surface area contributed by atoms with Crippen LogP contribution in [0.15, 0.2) is 12.1 Å². The summed E-state index contributed by atoms with van der Waals surface area (Å²) in [6.45, 7) is 6.41. The molecule has 0 unspecified atom stereocenters. The molecular formula is C12H15N3OS. The monoisotopic (exact) mass is 249 g/mol. The van der Waals surface area contributed by atoms with Gasteiger partial charge < -0.3 is 10.2 Å². The van der Waals surface area contributed by atoms with Crippen molar-refractivity contribution in [3.8, 4) is 6.07 Å². The number of nitrogens with one attached hydrogen (secondary N) is 1. The second-order valence-electron chi connectivity index (χ2n) is 4.81. The van der Waals surface area contributed by atoms with Crippen molar-refractivity contribution in [2.24, 2.45) is 0 Å². The lowest BCUT2D eigenvalue weighted by molar-refractivity contribution is 0.0657. The summed E-state index contributed by atoms with van der Waals surface area (Å²) in [7, 11) is 0. The molecule has 1 aliphatic rings. The summed E-state index contributed by atoms with van der Waals surface area (Å²) in [6.07, 6.45) is 0. The highest BCUT2D eigenvalue weighted by molar-refractivity contribution is 7.14. The summed E-state index contributed by atoms with van der Waals surface area (Å²) in [5.74, 6) is 0.0334. The highest BCUT2D eigenvalue weighted by Crippen LogP contribution is 2.19. The molecule has 1 aromatic heterocycles. The molecule has 1 fully saturated rings. The SMILES string of the molecule is CC1(C)CN(C(=O)c2ccc(C#N)s2)CCN1. The van der Waals surface area contributed by atoms with Gasteiger partial charge in [-0.25, -0.2) is 0 Å². The lowest BCUT2D eigenvalue weighted by atomic mass is 10.0. The van der Waals surface area contributed by atoms with E-state index in [1.807, 2.05) is 4.90 Å². The van der Waals surface area contributed by atoms with Gasteiger partial charge in [0.1, 0.15) is 10.9 Å². The minimum Gasteiger partial charge on any atom is -0.335 e. The number of piperazine rings is 1. The third-order valence-electron chi connectivity index (χ3n) is 2.79. The zero-order valence-corrected chi connectivity index (χ0v) is 10.8. The minimum atomic E-state index is -0.0385. The van der Waals surface area contributed by atoms with Crippen LogP contribution in [0.5, 0.6) is 0 Å². The maximum Gasteiger partial charge on any atom is 0.264 e. The van der Waals surface area contributed by atoms with Crippen molar-refractivity contribution in [2.45, 2.75) is 19.4 Å². The Kier molecular flexibility index (Phi) is 3.18. The maximum absolute atomic E-state index is 12.2. The molecule has 4 nitrogen and oxygen atoms in total. The Morgan fingerprint density at radius 1 is 1.59 bits per heavy atom. The second-order valence-corrected chi connectivity index (χ2v) is 5.90. The molecule has 0 spiro atoms. The van der Waals surface area contributed by atoms with Gasteiger partial charge >= 0.3 is 0 Å². The first kappa shape index (κ1) is 12.1. The quantitative estimate of drug-likeness (QED) is 0.819. The third-order valence-corrected chi connectivity index (χ3v) is 3.76. The van der Waals surface area contributed by atoms with Crippen LogP contribution in [0.3, 0.4) is 0 Å². The van der Waals surface area contributed by atoms with Gasteiger partial charge in [-0.2, -0.15) is 5.26 Å². The average molecular weight is 249 g/mol. The molecule has 0 radical (unpaired) electrons. The van der Waals surface area contributed by atoms with Crippen molar-refractivity contribution in [3.05, 3.63) is 21.9 Å². The van der Waals surface area contributed by atoms with Gasteiger partial charge in [0.25, 0.3) is 5.91 Å². The lowest BCUT2D eigenvalue weighted by Crippen LogP contribution is -2.58. The Morgan fingerprint density at radius 3 is 2.94 bits per heavy atom. The third kappa shape index (κ3) is 2.65. The Labute approximate surface area is 105 Å². The van der Waals surface area contributed by atoms with Crippen molar-refractivity contribution in [3.63, 3.8) is 0 Å². The lowest BCUT2D eigenvalue weighted by Gasteiger charge is -2.38. The standard InChI is InChI=1S/C12H15N3OS/c1-12(2)8-15(6-5-14-12)11(16)10-4-3-9(7-13)17-10/h3-4,14H,5-6,8H2,1-2H3. The molecule has 0 bridgehead atoms. The number of carbonyl (C=O) groups is 1.